The molecule has 2 N–H and O–H groups in total. The number of anilines is 1. The minimum Gasteiger partial charge on any atom is -0.497 e. The van der Waals surface area contributed by atoms with Gasteiger partial charge in [-0.05, 0) is 42.8 Å². The molecule has 0 fully saturated rings. The fourth-order valence-electron chi connectivity index (χ4n) is 3.32. The first-order valence-corrected chi connectivity index (χ1v) is 12.5. The van der Waals surface area contributed by atoms with Crippen LogP contribution < -0.4 is 24.8 Å². The summed E-state index contributed by atoms with van der Waals surface area (Å²) in [5, 5.41) is 14.9. The smallest absolute Gasteiger partial charge is 0.251 e. The Bertz CT molecular complexity index is 1170. The molecule has 0 unspecified atom stereocenters. The Morgan fingerprint density at radius 3 is 2.36 bits per heavy atom. The van der Waals surface area contributed by atoms with Gasteiger partial charge in [-0.25, -0.2) is 0 Å². The normalized spacial score (nSPS) is 10.6. The van der Waals surface area contributed by atoms with Crippen molar-refractivity contribution in [1.82, 2.24) is 20.1 Å². The summed E-state index contributed by atoms with van der Waals surface area (Å²) in [7, 11) is 4.68. The van der Waals surface area contributed by atoms with Crippen LogP contribution in [0.25, 0.3) is 0 Å². The highest BCUT2D eigenvalue weighted by Gasteiger charge is 2.16. The lowest BCUT2D eigenvalue weighted by Crippen LogP contribution is -2.25. The van der Waals surface area contributed by atoms with Crippen molar-refractivity contribution in [3.05, 3.63) is 53.9 Å². The maximum atomic E-state index is 12.6. The zero-order chi connectivity index (χ0) is 25.9. The van der Waals surface area contributed by atoms with E-state index in [4.69, 9.17) is 14.2 Å². The topological polar surface area (TPSA) is 117 Å². The highest BCUT2D eigenvalue weighted by Crippen LogP contribution is 2.29. The van der Waals surface area contributed by atoms with E-state index in [0.717, 1.165) is 12.8 Å². The Morgan fingerprint density at radius 2 is 1.69 bits per heavy atom. The Morgan fingerprint density at radius 1 is 0.972 bits per heavy atom. The summed E-state index contributed by atoms with van der Waals surface area (Å²) >= 11 is 1.29. The van der Waals surface area contributed by atoms with Gasteiger partial charge >= 0.3 is 0 Å². The highest BCUT2D eigenvalue weighted by atomic mass is 32.2. The number of nitrogens with one attached hydrogen (secondary N) is 2. The zero-order valence-corrected chi connectivity index (χ0v) is 21.7. The van der Waals surface area contributed by atoms with E-state index in [-0.39, 0.29) is 24.1 Å². The minimum atomic E-state index is -0.218. The van der Waals surface area contributed by atoms with E-state index in [0.29, 0.717) is 46.0 Å². The van der Waals surface area contributed by atoms with Gasteiger partial charge in [-0.15, -0.1) is 10.2 Å². The molecule has 2 aromatic carbocycles. The summed E-state index contributed by atoms with van der Waals surface area (Å²) in [6.07, 6.45) is 1.90. The third kappa shape index (κ3) is 7.14. The average Bonchev–Trinajstić information content (AvgIpc) is 3.30. The molecule has 192 valence electrons. The van der Waals surface area contributed by atoms with Gasteiger partial charge in [0.15, 0.2) is 11.0 Å². The van der Waals surface area contributed by atoms with Crippen LogP contribution in [0.15, 0.2) is 47.6 Å². The van der Waals surface area contributed by atoms with Gasteiger partial charge in [-0.3, -0.25) is 9.59 Å². The molecule has 0 spiro atoms. The number of methoxy groups -OCH3 is 3. The Labute approximate surface area is 214 Å². The molecule has 0 saturated carbocycles. The molecule has 0 radical (unpaired) electrons. The predicted molar refractivity (Wildman–Crippen MR) is 138 cm³/mol. The van der Waals surface area contributed by atoms with Gasteiger partial charge in [0.25, 0.3) is 5.91 Å². The molecule has 3 aromatic rings. The monoisotopic (exact) mass is 513 g/mol. The van der Waals surface area contributed by atoms with Crippen molar-refractivity contribution in [2.24, 2.45) is 0 Å². The Kier molecular flexibility index (Phi) is 9.99. The van der Waals surface area contributed by atoms with Gasteiger partial charge in [-0.2, -0.15) is 0 Å². The van der Waals surface area contributed by atoms with Gasteiger partial charge in [0.2, 0.25) is 5.91 Å². The SMILES string of the molecule is CCCCn1c(CNC(=O)c2ccc(OC)cc2)nnc1SCC(=O)Nc1ccc(OC)cc1OC. The van der Waals surface area contributed by atoms with Gasteiger partial charge in [-0.1, -0.05) is 25.1 Å². The third-order valence-corrected chi connectivity index (χ3v) is 6.27. The fraction of sp³-hybridized carbons (Fsp3) is 0.360. The molecule has 36 heavy (non-hydrogen) atoms. The van der Waals surface area contributed by atoms with Crippen LogP contribution >= 0.6 is 11.8 Å². The third-order valence-electron chi connectivity index (χ3n) is 5.30. The average molecular weight is 514 g/mol. The van der Waals surface area contributed by atoms with Gasteiger partial charge in [0.05, 0.1) is 39.3 Å². The van der Waals surface area contributed by atoms with Crippen LogP contribution in [-0.2, 0) is 17.9 Å². The van der Waals surface area contributed by atoms with Crippen LogP contribution in [0.4, 0.5) is 5.69 Å². The lowest BCUT2D eigenvalue weighted by Gasteiger charge is -2.12. The van der Waals surface area contributed by atoms with Gasteiger partial charge in [0.1, 0.15) is 17.2 Å². The summed E-state index contributed by atoms with van der Waals surface area (Å²) in [6.45, 7) is 3.00. The summed E-state index contributed by atoms with van der Waals surface area (Å²) < 4.78 is 17.6. The van der Waals surface area contributed by atoms with Crippen molar-refractivity contribution in [3.63, 3.8) is 0 Å². The molecular formula is C25H31N5O5S. The van der Waals surface area contributed by atoms with E-state index in [1.807, 2.05) is 4.57 Å². The van der Waals surface area contributed by atoms with Crippen molar-refractivity contribution in [3.8, 4) is 17.2 Å². The van der Waals surface area contributed by atoms with Crippen molar-refractivity contribution in [1.29, 1.82) is 0 Å². The van der Waals surface area contributed by atoms with E-state index in [1.54, 1.807) is 56.7 Å². The number of carbonyl (C=O) groups excluding carboxylic acids is 2. The lowest BCUT2D eigenvalue weighted by atomic mass is 10.2. The van der Waals surface area contributed by atoms with E-state index < -0.39 is 0 Å². The molecular weight excluding hydrogens is 482 g/mol. The molecule has 1 aromatic heterocycles. The number of carbonyl (C=O) groups is 2. The zero-order valence-electron chi connectivity index (χ0n) is 20.9. The van der Waals surface area contributed by atoms with Crippen molar-refractivity contribution < 1.29 is 23.8 Å². The molecule has 0 aliphatic heterocycles. The van der Waals surface area contributed by atoms with Crippen LogP contribution in [0.3, 0.4) is 0 Å². The summed E-state index contributed by atoms with van der Waals surface area (Å²) in [5.74, 6) is 2.17. The second-order valence-corrected chi connectivity index (χ2v) is 8.66. The molecule has 0 aliphatic rings. The number of rotatable bonds is 13. The van der Waals surface area contributed by atoms with E-state index in [1.165, 1.54) is 18.9 Å². The molecule has 2 amide bonds. The van der Waals surface area contributed by atoms with Crippen LogP contribution in [0.1, 0.15) is 35.9 Å². The number of ether oxygens (including phenoxy) is 3. The molecule has 0 saturated heterocycles. The van der Waals surface area contributed by atoms with Gasteiger partial charge in [0, 0.05) is 18.2 Å². The molecule has 1 heterocycles. The molecule has 0 aliphatic carbocycles. The molecule has 0 atom stereocenters. The first kappa shape index (κ1) is 26.9. The van der Waals surface area contributed by atoms with Crippen LogP contribution in [-0.4, -0.2) is 53.7 Å². The minimum absolute atomic E-state index is 0.137. The van der Waals surface area contributed by atoms with Crippen molar-refractivity contribution >= 4 is 29.3 Å². The number of thioether (sulfide) groups is 1. The van der Waals surface area contributed by atoms with E-state index in [9.17, 15) is 9.59 Å². The Hall–Kier alpha value is -3.73. The van der Waals surface area contributed by atoms with E-state index >= 15 is 0 Å². The number of hydrogen-bond acceptors (Lipinski definition) is 8. The largest absolute Gasteiger partial charge is 0.497 e. The number of nitrogens with zero attached hydrogens (tertiary/aromatic N) is 3. The van der Waals surface area contributed by atoms with Crippen LogP contribution in [0, 0.1) is 0 Å². The maximum absolute atomic E-state index is 12.6. The molecule has 0 bridgehead atoms. The summed E-state index contributed by atoms with van der Waals surface area (Å²) in [6, 6.07) is 12.1. The number of unbranched alkanes of at least 4 members (excludes halogenated alkanes) is 1. The highest BCUT2D eigenvalue weighted by molar-refractivity contribution is 7.99. The number of aromatic nitrogens is 3. The maximum Gasteiger partial charge on any atom is 0.251 e. The standard InChI is InChI=1S/C25H31N5O5S/c1-5-6-13-30-22(15-26-24(32)17-7-9-18(33-2)10-8-17)28-29-25(30)36-16-23(31)27-20-12-11-19(34-3)14-21(20)35-4/h7-12,14H,5-6,13,15-16H2,1-4H3,(H,26,32)(H,27,31). The van der Waals surface area contributed by atoms with Crippen LogP contribution in [0.5, 0.6) is 17.2 Å². The lowest BCUT2D eigenvalue weighted by molar-refractivity contribution is -0.113. The Balaban J connectivity index is 1.62. The quantitative estimate of drug-likeness (QED) is 0.332. The fourth-order valence-corrected chi connectivity index (χ4v) is 4.10. The number of hydrogen-bond donors (Lipinski definition) is 2. The van der Waals surface area contributed by atoms with Crippen molar-refractivity contribution in [2.75, 3.05) is 32.4 Å². The first-order chi connectivity index (χ1) is 17.5. The summed E-state index contributed by atoms with van der Waals surface area (Å²) in [4.78, 5) is 25.2. The van der Waals surface area contributed by atoms with Gasteiger partial charge < -0.3 is 29.4 Å². The number of amides is 2. The number of benzene rings is 2. The first-order valence-electron chi connectivity index (χ1n) is 11.5. The van der Waals surface area contributed by atoms with E-state index in [2.05, 4.69) is 27.8 Å². The molecule has 11 heteroatoms. The van der Waals surface area contributed by atoms with Crippen molar-refractivity contribution in [2.45, 2.75) is 38.0 Å². The summed E-state index contributed by atoms with van der Waals surface area (Å²) in [5.41, 5.74) is 1.08. The second-order valence-electron chi connectivity index (χ2n) is 7.72. The molecule has 3 rings (SSSR count). The second kappa shape index (κ2) is 13.4. The predicted octanol–water partition coefficient (Wildman–Crippen LogP) is 3.76. The van der Waals surface area contributed by atoms with Crippen LogP contribution in [0.2, 0.25) is 0 Å². The molecule has 10 nitrogen and oxygen atoms in total.